The van der Waals surface area contributed by atoms with E-state index in [9.17, 15) is 41.9 Å². The second kappa shape index (κ2) is 14.0. The molecule has 0 amide bonds. The fraction of sp³-hybridized carbons (Fsp3) is 0.324. The third-order valence-corrected chi connectivity index (χ3v) is 9.84. The molecule has 1 aliphatic rings. The van der Waals surface area contributed by atoms with Crippen molar-refractivity contribution in [1.82, 2.24) is 19.4 Å². The third-order valence-electron chi connectivity index (χ3n) is 8.60. The number of alkyl halides is 5. The molecule has 6 rings (SSSR count). The number of ether oxygens (including phenoxy) is 1. The predicted molar refractivity (Wildman–Crippen MR) is 182 cm³/mol. The van der Waals surface area contributed by atoms with Gasteiger partial charge < -0.3 is 14.7 Å². The maximum Gasteiger partial charge on any atom is 0.418 e. The van der Waals surface area contributed by atoms with E-state index in [1.807, 2.05) is 0 Å². The topological polar surface area (TPSA) is 125 Å². The van der Waals surface area contributed by atoms with Gasteiger partial charge >= 0.3 is 12.1 Å². The number of rotatable bonds is 9. The summed E-state index contributed by atoms with van der Waals surface area (Å²) in [6.45, 7) is 2.41. The second-order valence-corrected chi connectivity index (χ2v) is 13.2. The molecule has 5 aromatic rings. The lowest BCUT2D eigenvalue weighted by Crippen LogP contribution is -2.48. The monoisotopic (exact) mass is 746 g/mol. The Labute approximate surface area is 295 Å². The Balaban J connectivity index is 1.36. The van der Waals surface area contributed by atoms with E-state index in [4.69, 9.17) is 16.3 Å². The van der Waals surface area contributed by atoms with Crippen LogP contribution in [0.2, 0.25) is 5.02 Å². The predicted octanol–water partition coefficient (Wildman–Crippen LogP) is 7.00. The van der Waals surface area contributed by atoms with E-state index in [1.165, 1.54) is 38.0 Å². The summed E-state index contributed by atoms with van der Waals surface area (Å²) in [6, 6.07) is 9.22. The number of pyridine rings is 1. The van der Waals surface area contributed by atoms with Crippen LogP contribution in [0.4, 0.5) is 27.6 Å². The molecule has 0 atom stereocenters. The molecule has 0 spiro atoms. The molecule has 3 aromatic heterocycles. The Kier molecular flexibility index (Phi) is 9.90. The summed E-state index contributed by atoms with van der Waals surface area (Å²) in [7, 11) is 0. The van der Waals surface area contributed by atoms with Crippen molar-refractivity contribution < 1.29 is 36.6 Å². The lowest BCUT2D eigenvalue weighted by atomic mass is 10.00. The van der Waals surface area contributed by atoms with Crippen molar-refractivity contribution in [2.24, 2.45) is 0 Å². The largest absolute Gasteiger partial charge is 0.491 e. The first-order chi connectivity index (χ1) is 24.2. The molecule has 4 heterocycles. The van der Waals surface area contributed by atoms with Crippen molar-refractivity contribution in [2.45, 2.75) is 33.0 Å². The first-order valence-electron chi connectivity index (χ1n) is 15.5. The van der Waals surface area contributed by atoms with Crippen molar-refractivity contribution in [2.75, 3.05) is 44.2 Å². The Morgan fingerprint density at radius 2 is 1.84 bits per heavy atom. The molecule has 2 aromatic carbocycles. The van der Waals surface area contributed by atoms with Gasteiger partial charge in [-0.3, -0.25) is 19.2 Å². The number of piperazine rings is 1. The SMILES string of the molecule is Cc1cc(-c2cc(Cl)ccc2OCCn2c(C)nc3cc(C(F)(F)F)c(N4CCN(CC(F)F)CC4)c(C#N)c3c2=O)c2scc(C(=O)O)c2n1. The van der Waals surface area contributed by atoms with Crippen molar-refractivity contribution in [1.29, 1.82) is 5.26 Å². The average molecular weight is 747 g/mol. The highest BCUT2D eigenvalue weighted by Gasteiger charge is 2.39. The summed E-state index contributed by atoms with van der Waals surface area (Å²) < 4.78 is 77.1. The number of aromatic nitrogens is 3. The van der Waals surface area contributed by atoms with Crippen LogP contribution in [0.3, 0.4) is 0 Å². The van der Waals surface area contributed by atoms with E-state index in [1.54, 1.807) is 37.3 Å². The molecule has 0 bridgehead atoms. The number of anilines is 1. The molecule has 17 heteroatoms. The van der Waals surface area contributed by atoms with E-state index in [0.717, 1.165) is 6.07 Å². The van der Waals surface area contributed by atoms with Crippen LogP contribution in [0.25, 0.3) is 32.2 Å². The number of halogens is 6. The summed E-state index contributed by atoms with van der Waals surface area (Å²) >= 11 is 7.56. The van der Waals surface area contributed by atoms with E-state index < -0.39 is 47.5 Å². The number of carboxylic acids is 1. The summed E-state index contributed by atoms with van der Waals surface area (Å²) in [5.74, 6) is -0.674. The number of benzene rings is 2. The van der Waals surface area contributed by atoms with Crippen LogP contribution in [0.15, 0.2) is 40.5 Å². The molecular weight excluding hydrogens is 719 g/mol. The van der Waals surface area contributed by atoms with Gasteiger partial charge in [0, 0.05) is 53.4 Å². The van der Waals surface area contributed by atoms with Gasteiger partial charge in [-0.1, -0.05) is 11.6 Å². The zero-order valence-corrected chi connectivity index (χ0v) is 28.6. The fourth-order valence-corrected chi connectivity index (χ4v) is 7.50. The maximum absolute atomic E-state index is 14.4. The molecular formula is C34H28ClF5N6O4S. The van der Waals surface area contributed by atoms with Gasteiger partial charge in [-0.25, -0.2) is 18.6 Å². The van der Waals surface area contributed by atoms with E-state index in [-0.39, 0.29) is 61.6 Å². The summed E-state index contributed by atoms with van der Waals surface area (Å²) in [4.78, 5) is 37.2. The highest BCUT2D eigenvalue weighted by atomic mass is 35.5. The van der Waals surface area contributed by atoms with Gasteiger partial charge in [0.05, 0.1) is 56.6 Å². The third kappa shape index (κ3) is 7.06. The van der Waals surface area contributed by atoms with Crippen molar-refractivity contribution >= 4 is 55.7 Å². The molecule has 51 heavy (non-hydrogen) atoms. The zero-order valence-electron chi connectivity index (χ0n) is 27.0. The van der Waals surface area contributed by atoms with Gasteiger partial charge in [-0.15, -0.1) is 11.3 Å². The lowest BCUT2D eigenvalue weighted by Gasteiger charge is -2.37. The van der Waals surface area contributed by atoms with E-state index in [2.05, 4.69) is 9.97 Å². The minimum atomic E-state index is -4.90. The molecule has 266 valence electrons. The quantitative estimate of drug-likeness (QED) is 0.159. The lowest BCUT2D eigenvalue weighted by molar-refractivity contribution is -0.137. The van der Waals surface area contributed by atoms with E-state index >= 15 is 0 Å². The van der Waals surface area contributed by atoms with Gasteiger partial charge in [0.15, 0.2) is 0 Å². The van der Waals surface area contributed by atoms with Gasteiger partial charge in [-0.2, -0.15) is 18.4 Å². The minimum absolute atomic E-state index is 0.0444. The van der Waals surface area contributed by atoms with Crippen LogP contribution in [-0.4, -0.2) is 76.3 Å². The number of carbonyl (C=O) groups is 1. The van der Waals surface area contributed by atoms with Gasteiger partial charge in [-0.05, 0) is 44.2 Å². The molecule has 10 nitrogen and oxygen atoms in total. The van der Waals surface area contributed by atoms with Gasteiger partial charge in [0.2, 0.25) is 0 Å². The second-order valence-electron chi connectivity index (χ2n) is 11.9. The number of hydrogen-bond acceptors (Lipinski definition) is 9. The molecule has 1 fully saturated rings. The average Bonchev–Trinajstić information content (AvgIpc) is 3.49. The molecule has 0 radical (unpaired) electrons. The Morgan fingerprint density at radius 3 is 2.49 bits per heavy atom. The number of nitrogens with zero attached hydrogens (tertiary/aromatic N) is 6. The normalized spacial score (nSPS) is 14.1. The zero-order chi connectivity index (χ0) is 36.8. The molecule has 1 saturated heterocycles. The standard InChI is InChI=1S/C34H28ClF5N6O4S/c1-17-11-21(31-29(42-17)23(16-51-31)33(48)49)20-12-19(35)3-4-26(20)50-10-9-46-18(2)43-25-13-24(34(38,39)40)30(22(14-41)28(25)32(46)47)45-7-5-44(6-8-45)15-27(36)37/h3-4,11-13,16,27H,5-10,15H2,1-2H3,(H,48,49). The highest BCUT2D eigenvalue weighted by Crippen LogP contribution is 2.42. The number of thiophene rings is 1. The smallest absolute Gasteiger partial charge is 0.418 e. The Morgan fingerprint density at radius 1 is 1.12 bits per heavy atom. The molecule has 1 N–H and O–H groups in total. The van der Waals surface area contributed by atoms with Crippen LogP contribution in [-0.2, 0) is 12.7 Å². The first-order valence-corrected chi connectivity index (χ1v) is 16.8. The molecule has 1 aliphatic heterocycles. The first kappa shape index (κ1) is 36.0. The van der Waals surface area contributed by atoms with Crippen molar-refractivity contribution in [3.05, 3.63) is 79.3 Å². The molecule has 0 aliphatic carbocycles. The number of hydrogen-bond donors (Lipinski definition) is 1. The fourth-order valence-electron chi connectivity index (χ4n) is 6.32. The van der Waals surface area contributed by atoms with Crippen molar-refractivity contribution in [3.8, 4) is 22.9 Å². The molecule has 0 saturated carbocycles. The van der Waals surface area contributed by atoms with Gasteiger partial charge in [0.25, 0.3) is 12.0 Å². The maximum atomic E-state index is 14.4. The minimum Gasteiger partial charge on any atom is -0.491 e. The van der Waals surface area contributed by atoms with E-state index in [0.29, 0.717) is 37.8 Å². The number of aryl methyl sites for hydroxylation is 2. The highest BCUT2D eigenvalue weighted by molar-refractivity contribution is 7.18. The van der Waals surface area contributed by atoms with Crippen LogP contribution < -0.4 is 15.2 Å². The van der Waals surface area contributed by atoms with Crippen LogP contribution in [0.5, 0.6) is 5.75 Å². The number of fused-ring (bicyclic) bond motifs is 2. The van der Waals surface area contributed by atoms with Crippen LogP contribution >= 0.6 is 22.9 Å². The Hall–Kier alpha value is -4.85. The number of nitriles is 1. The van der Waals surface area contributed by atoms with Crippen LogP contribution in [0, 0.1) is 25.2 Å². The summed E-state index contributed by atoms with van der Waals surface area (Å²) in [5, 5.41) is 21.4. The molecule has 0 unspecified atom stereocenters. The van der Waals surface area contributed by atoms with Gasteiger partial charge in [0.1, 0.15) is 24.3 Å². The summed E-state index contributed by atoms with van der Waals surface area (Å²) in [6.07, 6.45) is -7.51. The van der Waals surface area contributed by atoms with Crippen molar-refractivity contribution in [3.63, 3.8) is 0 Å². The van der Waals surface area contributed by atoms with Crippen LogP contribution in [0.1, 0.15) is 33.0 Å². The number of carboxylic acid groups (broad SMARTS) is 1. The Bertz CT molecular complexity index is 2280. The summed E-state index contributed by atoms with van der Waals surface area (Å²) in [5.41, 5.74) is -1.06. The number of aromatic carboxylic acids is 1.